The van der Waals surface area contributed by atoms with E-state index in [1.165, 1.54) is 0 Å². The first-order chi connectivity index (χ1) is 14.9. The average molecular weight is 497 g/mol. The lowest BCUT2D eigenvalue weighted by Crippen LogP contribution is -2.51. The fourth-order valence-corrected chi connectivity index (χ4v) is 5.60. The van der Waals surface area contributed by atoms with E-state index in [4.69, 9.17) is 11.6 Å². The van der Waals surface area contributed by atoms with Crippen LogP contribution in [0.5, 0.6) is 0 Å². The summed E-state index contributed by atoms with van der Waals surface area (Å²) in [4.78, 5) is 33.7. The van der Waals surface area contributed by atoms with Gasteiger partial charge in [0.05, 0.1) is 5.92 Å². The number of nitrogens with one attached hydrogen (secondary N) is 1. The molecule has 2 aliphatic rings. The van der Waals surface area contributed by atoms with Gasteiger partial charge in [-0.1, -0.05) is 39.7 Å². The Morgan fingerprint density at radius 1 is 1.23 bits per heavy atom. The molecule has 3 heterocycles. The molecule has 3 aromatic rings. The van der Waals surface area contributed by atoms with E-state index in [9.17, 15) is 9.59 Å². The van der Waals surface area contributed by atoms with Crippen LogP contribution in [0.3, 0.4) is 0 Å². The maximum absolute atomic E-state index is 14.0. The summed E-state index contributed by atoms with van der Waals surface area (Å²) in [6.45, 7) is 0.553. The summed E-state index contributed by atoms with van der Waals surface area (Å²) in [6.07, 6.45) is 3.21. The van der Waals surface area contributed by atoms with Gasteiger partial charge in [-0.15, -0.1) is 0 Å². The van der Waals surface area contributed by atoms with Crippen molar-refractivity contribution in [3.05, 3.63) is 93.2 Å². The van der Waals surface area contributed by atoms with Gasteiger partial charge in [0.25, 0.3) is 0 Å². The van der Waals surface area contributed by atoms with Crippen LogP contribution in [0.2, 0.25) is 5.02 Å². The SMILES string of the molecule is CN1C[C@H](c2ccc(Cl)cc2)[C@@H](C(=O)c2cccnc2)[C@@]12C(=O)Nc1ccc(Br)cc12. The van der Waals surface area contributed by atoms with Crippen LogP contribution in [0.1, 0.15) is 27.4 Å². The minimum Gasteiger partial charge on any atom is -0.324 e. The normalized spacial score (nSPS) is 24.9. The third-order valence-electron chi connectivity index (χ3n) is 6.44. The average Bonchev–Trinajstić information content (AvgIpc) is 3.24. The molecule has 1 aromatic heterocycles. The quantitative estimate of drug-likeness (QED) is 0.525. The van der Waals surface area contributed by atoms with Crippen molar-refractivity contribution in [3.63, 3.8) is 0 Å². The zero-order valence-corrected chi connectivity index (χ0v) is 19.0. The van der Waals surface area contributed by atoms with Gasteiger partial charge < -0.3 is 5.32 Å². The van der Waals surface area contributed by atoms with Gasteiger partial charge >= 0.3 is 0 Å². The van der Waals surface area contributed by atoms with Crippen LogP contribution < -0.4 is 5.32 Å². The first-order valence-corrected chi connectivity index (χ1v) is 11.1. The van der Waals surface area contributed by atoms with E-state index >= 15 is 0 Å². The van der Waals surface area contributed by atoms with E-state index < -0.39 is 11.5 Å². The number of carbonyl (C=O) groups excluding carboxylic acids is 2. The fourth-order valence-electron chi connectivity index (χ4n) is 5.11. The summed E-state index contributed by atoms with van der Waals surface area (Å²) in [5.41, 5.74) is 1.91. The summed E-state index contributed by atoms with van der Waals surface area (Å²) in [6, 6.07) is 16.8. The number of aromatic nitrogens is 1. The van der Waals surface area contributed by atoms with Crippen LogP contribution >= 0.6 is 27.5 Å². The molecular weight excluding hydrogens is 478 g/mol. The molecule has 0 bridgehead atoms. The van der Waals surface area contributed by atoms with E-state index in [2.05, 4.69) is 26.2 Å². The number of nitrogens with zero attached hydrogens (tertiary/aromatic N) is 2. The molecule has 156 valence electrons. The van der Waals surface area contributed by atoms with Crippen molar-refractivity contribution in [1.29, 1.82) is 0 Å². The third kappa shape index (κ3) is 3.04. The number of Topliss-reactive ketones (excluding diaryl/α,β-unsaturated/α-hetero) is 1. The number of hydrogen-bond donors (Lipinski definition) is 1. The zero-order chi connectivity index (χ0) is 21.8. The third-order valence-corrected chi connectivity index (χ3v) is 7.18. The molecule has 5 rings (SSSR count). The molecule has 31 heavy (non-hydrogen) atoms. The first-order valence-electron chi connectivity index (χ1n) is 9.95. The van der Waals surface area contributed by atoms with Gasteiger partial charge in [-0.3, -0.25) is 19.5 Å². The molecule has 1 spiro atoms. The highest BCUT2D eigenvalue weighted by Crippen LogP contribution is 2.56. The van der Waals surface area contributed by atoms with Crippen molar-refractivity contribution in [1.82, 2.24) is 9.88 Å². The number of hydrogen-bond acceptors (Lipinski definition) is 4. The molecule has 1 amide bonds. The van der Waals surface area contributed by atoms with E-state index in [0.29, 0.717) is 17.1 Å². The summed E-state index contributed by atoms with van der Waals surface area (Å²) in [7, 11) is 1.91. The zero-order valence-electron chi connectivity index (χ0n) is 16.7. The summed E-state index contributed by atoms with van der Waals surface area (Å²) >= 11 is 9.65. The molecule has 0 unspecified atom stereocenters. The number of ketones is 1. The number of halogens is 2. The number of rotatable bonds is 3. The number of amides is 1. The Balaban J connectivity index is 1.74. The Bertz CT molecular complexity index is 1190. The lowest BCUT2D eigenvalue weighted by Gasteiger charge is -2.35. The maximum Gasteiger partial charge on any atom is 0.250 e. The standard InChI is InChI=1S/C24H19BrClN3O2/c1-29-13-18(14-4-7-17(26)8-5-14)21(22(30)15-3-2-10-27-12-15)24(29)19-11-16(25)6-9-20(19)28-23(24)31/h2-12,18,21H,13H2,1H3,(H,28,31)/t18-,21+,24+/m1/s1. The number of fused-ring (bicyclic) bond motifs is 2. The fraction of sp³-hybridized carbons (Fsp3) is 0.208. The van der Waals surface area contributed by atoms with Gasteiger partial charge in [-0.25, -0.2) is 0 Å². The molecule has 1 saturated heterocycles. The molecule has 0 aliphatic carbocycles. The lowest BCUT2D eigenvalue weighted by atomic mass is 9.70. The van der Waals surface area contributed by atoms with Gasteiger partial charge in [0.1, 0.15) is 5.54 Å². The van der Waals surface area contributed by atoms with E-state index in [1.807, 2.05) is 54.4 Å². The number of likely N-dealkylation sites (N-methyl/N-ethyl adjacent to an activating group) is 1. The van der Waals surface area contributed by atoms with E-state index in [0.717, 1.165) is 21.3 Å². The molecule has 1 fully saturated rings. The van der Waals surface area contributed by atoms with Gasteiger partial charge in [-0.2, -0.15) is 0 Å². The number of carbonyl (C=O) groups is 2. The van der Waals surface area contributed by atoms with Crippen molar-refractivity contribution in [3.8, 4) is 0 Å². The second kappa shape index (κ2) is 7.55. The van der Waals surface area contributed by atoms with Crippen LogP contribution in [0.25, 0.3) is 0 Å². The first kappa shape index (κ1) is 20.4. The predicted molar refractivity (Wildman–Crippen MR) is 123 cm³/mol. The second-order valence-electron chi connectivity index (χ2n) is 8.03. The molecule has 2 aromatic carbocycles. The van der Waals surface area contributed by atoms with Crippen molar-refractivity contribution in [2.24, 2.45) is 5.92 Å². The highest BCUT2D eigenvalue weighted by molar-refractivity contribution is 9.10. The minimum atomic E-state index is -1.11. The van der Waals surface area contributed by atoms with Gasteiger partial charge in [0, 0.05) is 51.2 Å². The molecule has 3 atom stereocenters. The largest absolute Gasteiger partial charge is 0.324 e. The molecule has 2 aliphatic heterocycles. The number of likely N-dealkylation sites (tertiary alicyclic amines) is 1. The summed E-state index contributed by atoms with van der Waals surface area (Å²) in [5, 5.41) is 3.65. The number of pyridine rings is 1. The molecule has 5 nitrogen and oxygen atoms in total. The molecular formula is C24H19BrClN3O2. The number of anilines is 1. The second-order valence-corrected chi connectivity index (χ2v) is 9.38. The van der Waals surface area contributed by atoms with Crippen molar-refractivity contribution < 1.29 is 9.59 Å². The topological polar surface area (TPSA) is 62.3 Å². The predicted octanol–water partition coefficient (Wildman–Crippen LogP) is 4.87. The smallest absolute Gasteiger partial charge is 0.250 e. The van der Waals surface area contributed by atoms with Gasteiger partial charge in [0.15, 0.2) is 5.78 Å². The van der Waals surface area contributed by atoms with E-state index in [1.54, 1.807) is 24.5 Å². The number of benzene rings is 2. The Kier molecular flexibility index (Phi) is 4.96. The molecule has 0 radical (unpaired) electrons. The highest BCUT2D eigenvalue weighted by atomic mass is 79.9. The maximum atomic E-state index is 14.0. The van der Waals surface area contributed by atoms with Crippen LogP contribution in [0, 0.1) is 5.92 Å². The van der Waals surface area contributed by atoms with Gasteiger partial charge in [-0.05, 0) is 55.1 Å². The molecule has 0 saturated carbocycles. The van der Waals surface area contributed by atoms with Crippen LogP contribution in [-0.2, 0) is 10.3 Å². The molecule has 7 heteroatoms. The van der Waals surface area contributed by atoms with Crippen molar-refractivity contribution >= 4 is 44.9 Å². The minimum absolute atomic E-state index is 0.0969. The van der Waals surface area contributed by atoms with Crippen molar-refractivity contribution in [2.75, 3.05) is 18.9 Å². The van der Waals surface area contributed by atoms with Crippen LogP contribution in [0.4, 0.5) is 5.69 Å². The van der Waals surface area contributed by atoms with E-state index in [-0.39, 0.29) is 17.6 Å². The lowest BCUT2D eigenvalue weighted by molar-refractivity contribution is -0.126. The van der Waals surface area contributed by atoms with Crippen molar-refractivity contribution in [2.45, 2.75) is 11.5 Å². The Morgan fingerprint density at radius 2 is 2.00 bits per heavy atom. The molecule has 1 N–H and O–H groups in total. The Labute approximate surface area is 193 Å². The van der Waals surface area contributed by atoms with Crippen LogP contribution in [0.15, 0.2) is 71.5 Å². The Morgan fingerprint density at radius 3 is 2.71 bits per heavy atom. The van der Waals surface area contributed by atoms with Gasteiger partial charge in [0.2, 0.25) is 5.91 Å². The summed E-state index contributed by atoms with van der Waals surface area (Å²) in [5.74, 6) is -1.09. The Hall–Kier alpha value is -2.54. The summed E-state index contributed by atoms with van der Waals surface area (Å²) < 4.78 is 0.859. The highest BCUT2D eigenvalue weighted by Gasteiger charge is 2.64. The monoisotopic (exact) mass is 495 g/mol. The van der Waals surface area contributed by atoms with Crippen LogP contribution in [-0.4, -0.2) is 35.2 Å².